The van der Waals surface area contributed by atoms with Crippen molar-refractivity contribution >= 4 is 17.2 Å². The van der Waals surface area contributed by atoms with E-state index in [2.05, 4.69) is 10.6 Å². The van der Waals surface area contributed by atoms with Gasteiger partial charge in [0.1, 0.15) is 0 Å². The van der Waals surface area contributed by atoms with Gasteiger partial charge < -0.3 is 10.6 Å². The largest absolute Gasteiger partial charge is 0.416 e. The third-order valence-corrected chi connectivity index (χ3v) is 6.15. The summed E-state index contributed by atoms with van der Waals surface area (Å²) < 4.78 is 39.2. The van der Waals surface area contributed by atoms with Crippen LogP contribution in [0, 0.1) is 0 Å². The van der Waals surface area contributed by atoms with Crippen LogP contribution in [0.15, 0.2) is 90.1 Å². The summed E-state index contributed by atoms with van der Waals surface area (Å²) in [4.78, 5) is 13.4. The highest BCUT2D eigenvalue weighted by Gasteiger charge is 2.36. The molecule has 2 atom stereocenters. The van der Waals surface area contributed by atoms with E-state index in [-0.39, 0.29) is 11.7 Å². The minimum atomic E-state index is -4.41. The van der Waals surface area contributed by atoms with Gasteiger partial charge in [0.25, 0.3) is 0 Å². The number of benzene rings is 3. The Hall–Kier alpha value is -3.54. The van der Waals surface area contributed by atoms with Crippen molar-refractivity contribution in [3.63, 3.8) is 0 Å². The van der Waals surface area contributed by atoms with Crippen molar-refractivity contribution in [2.24, 2.45) is 0 Å². The lowest BCUT2D eigenvalue weighted by Gasteiger charge is -2.30. The molecule has 0 saturated heterocycles. The average molecular weight is 434 g/mol. The molecule has 162 valence electrons. The average Bonchev–Trinajstić information content (AvgIpc) is 2.96. The highest BCUT2D eigenvalue weighted by molar-refractivity contribution is 6.01. The van der Waals surface area contributed by atoms with Crippen LogP contribution in [0.25, 0.3) is 0 Å². The lowest BCUT2D eigenvalue weighted by atomic mass is 9.78. The van der Waals surface area contributed by atoms with Crippen LogP contribution in [0.3, 0.4) is 0 Å². The molecular weight excluding hydrogens is 413 g/mol. The van der Waals surface area contributed by atoms with E-state index < -0.39 is 17.8 Å². The Bertz CT molecular complexity index is 1180. The van der Waals surface area contributed by atoms with E-state index in [0.29, 0.717) is 24.0 Å². The van der Waals surface area contributed by atoms with Crippen LogP contribution in [0.1, 0.15) is 41.5 Å². The number of halogens is 3. The smallest absolute Gasteiger partial charge is 0.372 e. The molecule has 0 unspecified atom stereocenters. The van der Waals surface area contributed by atoms with Gasteiger partial charge in [-0.05, 0) is 47.7 Å². The van der Waals surface area contributed by atoms with Gasteiger partial charge in [0.15, 0.2) is 5.78 Å². The molecule has 0 bridgehead atoms. The molecule has 1 heterocycles. The van der Waals surface area contributed by atoms with Crippen LogP contribution in [-0.2, 0) is 11.0 Å². The molecule has 0 spiro atoms. The fourth-order valence-electron chi connectivity index (χ4n) is 4.57. The van der Waals surface area contributed by atoms with Crippen LogP contribution in [0.5, 0.6) is 0 Å². The molecule has 32 heavy (non-hydrogen) atoms. The summed E-state index contributed by atoms with van der Waals surface area (Å²) >= 11 is 0. The predicted octanol–water partition coefficient (Wildman–Crippen LogP) is 6.68. The number of carbonyl (C=O) groups is 1. The van der Waals surface area contributed by atoms with Gasteiger partial charge >= 0.3 is 6.18 Å². The number of allylic oxidation sites excluding steroid dienone is 1. The van der Waals surface area contributed by atoms with E-state index in [4.69, 9.17) is 0 Å². The SMILES string of the molecule is O=C1C[C@H](c2ccccc2)CC2=C1[C@H](c1ccc(C(F)(F)F)cc1)Nc1ccccc1N2. The van der Waals surface area contributed by atoms with Gasteiger partial charge in [0.2, 0.25) is 0 Å². The Morgan fingerprint density at radius 1 is 0.750 bits per heavy atom. The number of Topliss-reactive ketones (excluding diaryl/α,β-unsaturated/α-hetero) is 1. The number of fused-ring (bicyclic) bond motifs is 1. The second-order valence-electron chi connectivity index (χ2n) is 8.20. The lowest BCUT2D eigenvalue weighted by Crippen LogP contribution is -2.27. The molecule has 1 aliphatic carbocycles. The zero-order valence-electron chi connectivity index (χ0n) is 17.1. The molecule has 0 aromatic heterocycles. The summed E-state index contributed by atoms with van der Waals surface area (Å²) in [5.74, 6) is 0.0475. The van der Waals surface area contributed by atoms with E-state index in [1.54, 1.807) is 0 Å². The van der Waals surface area contributed by atoms with Gasteiger partial charge in [-0.3, -0.25) is 4.79 Å². The molecule has 3 nitrogen and oxygen atoms in total. The number of hydrogen-bond donors (Lipinski definition) is 2. The summed E-state index contributed by atoms with van der Waals surface area (Å²) in [7, 11) is 0. The van der Waals surface area contributed by atoms with E-state index in [0.717, 1.165) is 34.8 Å². The first-order chi connectivity index (χ1) is 15.4. The number of nitrogens with one attached hydrogen (secondary N) is 2. The van der Waals surface area contributed by atoms with Crippen molar-refractivity contribution < 1.29 is 18.0 Å². The van der Waals surface area contributed by atoms with Gasteiger partial charge in [0.05, 0.1) is 23.0 Å². The maximum Gasteiger partial charge on any atom is 0.416 e. The fraction of sp³-hybridized carbons (Fsp3) is 0.192. The third kappa shape index (κ3) is 3.77. The Balaban J connectivity index is 1.59. The molecule has 3 aromatic carbocycles. The summed E-state index contributed by atoms with van der Waals surface area (Å²) in [5, 5.41) is 6.84. The number of para-hydroxylation sites is 2. The van der Waals surface area contributed by atoms with Crippen molar-refractivity contribution in [1.29, 1.82) is 0 Å². The highest BCUT2D eigenvalue weighted by Crippen LogP contribution is 2.44. The van der Waals surface area contributed by atoms with Crippen LogP contribution in [-0.4, -0.2) is 5.78 Å². The van der Waals surface area contributed by atoms with E-state index in [1.807, 2.05) is 54.6 Å². The number of ketones is 1. The molecule has 1 aliphatic heterocycles. The zero-order valence-corrected chi connectivity index (χ0v) is 17.1. The molecule has 0 amide bonds. The molecule has 5 rings (SSSR count). The van der Waals surface area contributed by atoms with Gasteiger partial charge in [-0.1, -0.05) is 54.6 Å². The van der Waals surface area contributed by atoms with Gasteiger partial charge in [-0.2, -0.15) is 13.2 Å². The van der Waals surface area contributed by atoms with Crippen molar-refractivity contribution in [2.75, 3.05) is 10.6 Å². The maximum atomic E-state index is 13.4. The Labute approximate surface area is 184 Å². The number of anilines is 2. The minimum absolute atomic E-state index is 0.00203. The summed E-state index contributed by atoms with van der Waals surface area (Å²) in [6, 6.07) is 22.1. The Morgan fingerprint density at radius 2 is 1.41 bits per heavy atom. The zero-order chi connectivity index (χ0) is 22.3. The van der Waals surface area contributed by atoms with E-state index in [9.17, 15) is 18.0 Å². The van der Waals surface area contributed by atoms with E-state index in [1.165, 1.54) is 12.1 Å². The summed E-state index contributed by atoms with van der Waals surface area (Å²) in [5.41, 5.74) is 4.07. The van der Waals surface area contributed by atoms with Crippen molar-refractivity contribution in [2.45, 2.75) is 31.0 Å². The third-order valence-electron chi connectivity index (χ3n) is 6.15. The normalized spacial score (nSPS) is 20.5. The minimum Gasteiger partial charge on any atom is -0.372 e. The molecule has 0 fully saturated rings. The quantitative estimate of drug-likeness (QED) is 0.472. The first kappa shape index (κ1) is 20.4. The highest BCUT2D eigenvalue weighted by atomic mass is 19.4. The first-order valence-corrected chi connectivity index (χ1v) is 10.5. The second kappa shape index (κ2) is 7.86. The predicted molar refractivity (Wildman–Crippen MR) is 118 cm³/mol. The van der Waals surface area contributed by atoms with Crippen LogP contribution in [0.4, 0.5) is 24.5 Å². The van der Waals surface area contributed by atoms with Crippen molar-refractivity contribution in [3.05, 3.63) is 107 Å². The monoisotopic (exact) mass is 434 g/mol. The van der Waals surface area contributed by atoms with Crippen LogP contribution in [0.2, 0.25) is 0 Å². The molecular formula is C26H21F3N2O. The maximum absolute atomic E-state index is 13.4. The number of rotatable bonds is 2. The Kier molecular flexibility index (Phi) is 5.00. The van der Waals surface area contributed by atoms with Crippen LogP contribution < -0.4 is 10.6 Å². The first-order valence-electron chi connectivity index (χ1n) is 10.5. The number of alkyl halides is 3. The molecule has 6 heteroatoms. The van der Waals surface area contributed by atoms with Crippen molar-refractivity contribution in [1.82, 2.24) is 0 Å². The Morgan fingerprint density at radius 3 is 2.09 bits per heavy atom. The van der Waals surface area contributed by atoms with Gasteiger partial charge in [-0.15, -0.1) is 0 Å². The molecule has 0 radical (unpaired) electrons. The molecule has 3 aromatic rings. The topological polar surface area (TPSA) is 41.1 Å². The van der Waals surface area contributed by atoms with Crippen molar-refractivity contribution in [3.8, 4) is 0 Å². The number of hydrogen-bond acceptors (Lipinski definition) is 3. The van der Waals surface area contributed by atoms with E-state index >= 15 is 0 Å². The molecule has 2 N–H and O–H groups in total. The molecule has 0 saturated carbocycles. The van der Waals surface area contributed by atoms with Gasteiger partial charge in [0, 0.05) is 17.7 Å². The number of carbonyl (C=O) groups excluding carboxylic acids is 1. The molecule has 2 aliphatic rings. The summed E-state index contributed by atoms with van der Waals surface area (Å²) in [6.45, 7) is 0. The second-order valence-corrected chi connectivity index (χ2v) is 8.20. The standard InChI is InChI=1S/C26H21F3N2O/c27-26(28,29)19-12-10-17(11-13-19)25-24-22(30-20-8-4-5-9-21(20)31-25)14-18(15-23(24)32)16-6-2-1-3-7-16/h1-13,18,25,30-31H,14-15H2/t18-,25+/m1/s1. The lowest BCUT2D eigenvalue weighted by molar-refractivity contribution is -0.137. The fourth-order valence-corrected chi connectivity index (χ4v) is 4.57. The summed E-state index contributed by atoms with van der Waals surface area (Å²) in [6.07, 6.45) is -3.39. The van der Waals surface area contributed by atoms with Gasteiger partial charge in [-0.25, -0.2) is 0 Å². The van der Waals surface area contributed by atoms with Crippen LogP contribution >= 0.6 is 0 Å².